The van der Waals surface area contributed by atoms with Crippen molar-refractivity contribution in [3.05, 3.63) is 64.7 Å². The third kappa shape index (κ3) is 7.86. The molecule has 2 N–H and O–H groups in total. The number of benzene rings is 2. The molecule has 0 radical (unpaired) electrons. The molecule has 0 fully saturated rings. The Hall–Kier alpha value is -3.02. The molecule has 0 unspecified atom stereocenters. The van der Waals surface area contributed by atoms with Crippen LogP contribution in [0.2, 0.25) is 0 Å². The Morgan fingerprint density at radius 3 is 2.28 bits per heavy atom. The van der Waals surface area contributed by atoms with E-state index in [4.69, 9.17) is 9.47 Å². The molecular weight excluding hydrogens is 368 g/mol. The molecule has 6 heteroatoms. The molecular formula is C23H30N2O4. The molecule has 2 rings (SSSR count). The molecule has 2 aromatic carbocycles. The zero-order valence-corrected chi connectivity index (χ0v) is 17.8. The molecule has 0 aliphatic carbocycles. The van der Waals surface area contributed by atoms with Crippen LogP contribution in [-0.2, 0) is 11.3 Å². The second-order valence-corrected chi connectivity index (χ2v) is 7.93. The van der Waals surface area contributed by atoms with Crippen LogP contribution in [0, 0.1) is 13.8 Å². The molecule has 0 aliphatic heterocycles. The van der Waals surface area contributed by atoms with E-state index in [0.717, 1.165) is 16.9 Å². The van der Waals surface area contributed by atoms with Crippen LogP contribution in [0.25, 0.3) is 0 Å². The lowest BCUT2D eigenvalue weighted by Gasteiger charge is -2.19. The Bertz CT molecular complexity index is 839. The first-order valence-corrected chi connectivity index (χ1v) is 9.68. The number of alkyl carbamates (subject to hydrolysis) is 1. The monoisotopic (exact) mass is 398 g/mol. The van der Waals surface area contributed by atoms with Crippen LogP contribution in [0.15, 0.2) is 42.5 Å². The highest BCUT2D eigenvalue weighted by Gasteiger charge is 2.15. The highest BCUT2D eigenvalue weighted by atomic mass is 16.6. The lowest BCUT2D eigenvalue weighted by Crippen LogP contribution is -2.32. The number of carbonyl (C=O) groups is 2. The van der Waals surface area contributed by atoms with Crippen LogP contribution in [0.4, 0.5) is 4.79 Å². The minimum absolute atomic E-state index is 0.166. The first-order chi connectivity index (χ1) is 13.6. The lowest BCUT2D eigenvalue weighted by molar-refractivity contribution is 0.0523. The third-order valence-corrected chi connectivity index (χ3v) is 4.03. The summed E-state index contributed by atoms with van der Waals surface area (Å²) < 4.78 is 10.9. The summed E-state index contributed by atoms with van der Waals surface area (Å²) in [6, 6.07) is 13.1. The molecule has 0 saturated heterocycles. The Morgan fingerprint density at radius 1 is 0.966 bits per heavy atom. The van der Waals surface area contributed by atoms with Gasteiger partial charge in [-0.1, -0.05) is 29.8 Å². The number of nitrogens with one attached hydrogen (secondary N) is 2. The standard InChI is InChI=1S/C23H30N2O4/c1-16-6-11-20(17(2)14-16)28-13-12-24-21(26)19-9-7-18(8-10-19)15-25-22(27)29-23(3,4)5/h6-11,14H,12-13,15H2,1-5H3,(H,24,26)(H,25,27). The van der Waals surface area contributed by atoms with Crippen molar-refractivity contribution in [3.63, 3.8) is 0 Å². The van der Waals surface area contributed by atoms with E-state index in [1.807, 2.05) is 46.8 Å². The molecule has 0 heterocycles. The van der Waals surface area contributed by atoms with Gasteiger partial charge in [0.1, 0.15) is 18.0 Å². The number of hydrogen-bond acceptors (Lipinski definition) is 4. The Labute approximate surface area is 172 Å². The van der Waals surface area contributed by atoms with Crippen LogP contribution in [0.1, 0.15) is 47.8 Å². The van der Waals surface area contributed by atoms with Gasteiger partial charge in [0.15, 0.2) is 0 Å². The quantitative estimate of drug-likeness (QED) is 0.688. The van der Waals surface area contributed by atoms with Gasteiger partial charge in [0.05, 0.1) is 6.54 Å². The summed E-state index contributed by atoms with van der Waals surface area (Å²) in [6.45, 7) is 10.6. The van der Waals surface area contributed by atoms with Crippen LogP contribution in [-0.4, -0.2) is 30.8 Å². The summed E-state index contributed by atoms with van der Waals surface area (Å²) in [7, 11) is 0. The molecule has 0 aliphatic rings. The summed E-state index contributed by atoms with van der Waals surface area (Å²) >= 11 is 0. The molecule has 0 bridgehead atoms. The number of rotatable bonds is 7. The van der Waals surface area contributed by atoms with E-state index in [1.165, 1.54) is 5.56 Å². The summed E-state index contributed by atoms with van der Waals surface area (Å²) in [6.07, 6.45) is -0.469. The van der Waals surface area contributed by atoms with E-state index in [0.29, 0.717) is 25.3 Å². The van der Waals surface area contributed by atoms with Crippen molar-refractivity contribution in [3.8, 4) is 5.75 Å². The topological polar surface area (TPSA) is 76.7 Å². The zero-order chi connectivity index (χ0) is 21.4. The molecule has 2 amide bonds. The Kier molecular flexibility index (Phi) is 7.65. The van der Waals surface area contributed by atoms with E-state index in [1.54, 1.807) is 24.3 Å². The van der Waals surface area contributed by atoms with E-state index in [-0.39, 0.29) is 5.91 Å². The maximum Gasteiger partial charge on any atom is 0.407 e. The number of hydrogen-bond donors (Lipinski definition) is 2. The van der Waals surface area contributed by atoms with E-state index >= 15 is 0 Å². The van der Waals surface area contributed by atoms with Crippen molar-refractivity contribution >= 4 is 12.0 Å². The van der Waals surface area contributed by atoms with Crippen molar-refractivity contribution in [2.24, 2.45) is 0 Å². The van der Waals surface area contributed by atoms with Crippen LogP contribution < -0.4 is 15.4 Å². The minimum Gasteiger partial charge on any atom is -0.491 e. The predicted molar refractivity (Wildman–Crippen MR) is 113 cm³/mol. The molecule has 0 aromatic heterocycles. The summed E-state index contributed by atoms with van der Waals surface area (Å²) in [5.41, 5.74) is 3.16. The molecule has 6 nitrogen and oxygen atoms in total. The molecule has 156 valence electrons. The van der Waals surface area contributed by atoms with Gasteiger partial charge < -0.3 is 20.1 Å². The highest BCUT2D eigenvalue weighted by Crippen LogP contribution is 2.18. The fourth-order valence-corrected chi connectivity index (χ4v) is 2.65. The van der Waals surface area contributed by atoms with Gasteiger partial charge in [0, 0.05) is 12.1 Å². The normalized spacial score (nSPS) is 10.9. The zero-order valence-electron chi connectivity index (χ0n) is 17.8. The van der Waals surface area contributed by atoms with E-state index in [2.05, 4.69) is 16.7 Å². The minimum atomic E-state index is -0.534. The van der Waals surface area contributed by atoms with Crippen LogP contribution >= 0.6 is 0 Å². The maximum absolute atomic E-state index is 12.2. The fourth-order valence-electron chi connectivity index (χ4n) is 2.65. The largest absolute Gasteiger partial charge is 0.491 e. The van der Waals surface area contributed by atoms with E-state index < -0.39 is 11.7 Å². The van der Waals surface area contributed by atoms with Gasteiger partial charge in [-0.2, -0.15) is 0 Å². The molecule has 0 spiro atoms. The summed E-state index contributed by atoms with van der Waals surface area (Å²) in [5.74, 6) is 0.660. The third-order valence-electron chi connectivity index (χ3n) is 4.03. The predicted octanol–water partition coefficient (Wildman–Crippen LogP) is 4.14. The number of ether oxygens (including phenoxy) is 2. The lowest BCUT2D eigenvalue weighted by atomic mass is 10.1. The van der Waals surface area contributed by atoms with Gasteiger partial charge in [-0.25, -0.2) is 4.79 Å². The number of amides is 2. The van der Waals surface area contributed by atoms with Gasteiger partial charge in [-0.3, -0.25) is 4.79 Å². The van der Waals surface area contributed by atoms with Crippen LogP contribution in [0.3, 0.4) is 0 Å². The van der Waals surface area contributed by atoms with Gasteiger partial charge >= 0.3 is 6.09 Å². The van der Waals surface area contributed by atoms with E-state index in [9.17, 15) is 9.59 Å². The first-order valence-electron chi connectivity index (χ1n) is 9.68. The molecule has 0 atom stereocenters. The molecule has 0 saturated carbocycles. The van der Waals surface area contributed by atoms with Gasteiger partial charge in [0.2, 0.25) is 0 Å². The SMILES string of the molecule is Cc1ccc(OCCNC(=O)c2ccc(CNC(=O)OC(C)(C)C)cc2)c(C)c1. The smallest absolute Gasteiger partial charge is 0.407 e. The maximum atomic E-state index is 12.2. The van der Waals surface area contributed by atoms with Gasteiger partial charge in [-0.15, -0.1) is 0 Å². The average molecular weight is 399 g/mol. The second kappa shape index (κ2) is 9.96. The average Bonchev–Trinajstić information content (AvgIpc) is 2.64. The molecule has 29 heavy (non-hydrogen) atoms. The highest BCUT2D eigenvalue weighted by molar-refractivity contribution is 5.94. The van der Waals surface area contributed by atoms with Crippen LogP contribution in [0.5, 0.6) is 5.75 Å². The van der Waals surface area contributed by atoms with Gasteiger partial charge in [0.25, 0.3) is 5.91 Å². The van der Waals surface area contributed by atoms with Crippen molar-refractivity contribution in [1.29, 1.82) is 0 Å². The van der Waals surface area contributed by atoms with Crippen molar-refractivity contribution < 1.29 is 19.1 Å². The number of aryl methyl sites for hydroxylation is 2. The summed E-state index contributed by atoms with van der Waals surface area (Å²) in [5, 5.41) is 5.53. The Balaban J connectivity index is 1.74. The first kappa shape index (κ1) is 22.3. The molecule has 2 aromatic rings. The fraction of sp³-hybridized carbons (Fsp3) is 0.391. The summed E-state index contributed by atoms with van der Waals surface area (Å²) in [4.78, 5) is 23.9. The van der Waals surface area contributed by atoms with Crippen molar-refractivity contribution in [2.45, 2.75) is 46.8 Å². The number of carbonyl (C=O) groups excluding carboxylic acids is 2. The second-order valence-electron chi connectivity index (χ2n) is 7.93. The van der Waals surface area contributed by atoms with Crippen molar-refractivity contribution in [2.75, 3.05) is 13.2 Å². The van der Waals surface area contributed by atoms with Crippen molar-refractivity contribution in [1.82, 2.24) is 10.6 Å². The van der Waals surface area contributed by atoms with Gasteiger partial charge in [-0.05, 0) is 63.9 Å². The Morgan fingerprint density at radius 2 is 1.66 bits per heavy atom.